The Bertz CT molecular complexity index is 882. The van der Waals surface area contributed by atoms with Crippen molar-refractivity contribution in [2.75, 3.05) is 0 Å². The average Bonchev–Trinajstić information content (AvgIpc) is 2.54. The van der Waals surface area contributed by atoms with Crippen molar-refractivity contribution in [3.63, 3.8) is 0 Å². The molecule has 0 saturated carbocycles. The average molecular weight is 348 g/mol. The van der Waals surface area contributed by atoms with Gasteiger partial charge in [0.15, 0.2) is 0 Å². The standard InChI is InChI=1S/C19H15F3OS/c20-19(21,22)17-9-3-5-14(11-17)12-24(23)13-16-8-4-7-15-6-1-2-10-18(15)16/h1-11H,12-13H2/t24-/m0/s1. The lowest BCUT2D eigenvalue weighted by atomic mass is 10.1. The highest BCUT2D eigenvalue weighted by Crippen LogP contribution is 2.30. The lowest BCUT2D eigenvalue weighted by Gasteiger charge is -2.09. The summed E-state index contributed by atoms with van der Waals surface area (Å²) in [6, 6.07) is 18.6. The highest BCUT2D eigenvalue weighted by molar-refractivity contribution is 7.83. The summed E-state index contributed by atoms with van der Waals surface area (Å²) in [4.78, 5) is 0. The van der Waals surface area contributed by atoms with Crippen LogP contribution in [-0.4, -0.2) is 4.21 Å². The molecule has 0 aromatic heterocycles. The fourth-order valence-electron chi connectivity index (χ4n) is 2.67. The van der Waals surface area contributed by atoms with Gasteiger partial charge in [-0.1, -0.05) is 60.7 Å². The van der Waals surface area contributed by atoms with E-state index in [0.29, 0.717) is 11.3 Å². The smallest absolute Gasteiger partial charge is 0.259 e. The summed E-state index contributed by atoms with van der Waals surface area (Å²) in [7, 11) is -1.28. The van der Waals surface area contributed by atoms with Gasteiger partial charge in [-0.15, -0.1) is 0 Å². The SMILES string of the molecule is O=[S@@](Cc1cccc(C(F)(F)F)c1)Cc1cccc2ccccc12. The van der Waals surface area contributed by atoms with Gasteiger partial charge in [0.25, 0.3) is 0 Å². The summed E-state index contributed by atoms with van der Waals surface area (Å²) in [6.45, 7) is 0. The molecule has 0 amide bonds. The molecule has 3 aromatic rings. The van der Waals surface area contributed by atoms with Crippen molar-refractivity contribution in [3.05, 3.63) is 83.4 Å². The third-order valence-electron chi connectivity index (χ3n) is 3.78. The minimum atomic E-state index is -4.38. The number of hydrogen-bond acceptors (Lipinski definition) is 1. The first kappa shape index (κ1) is 16.7. The Morgan fingerprint density at radius 3 is 2.33 bits per heavy atom. The number of halogens is 3. The maximum absolute atomic E-state index is 12.8. The lowest BCUT2D eigenvalue weighted by molar-refractivity contribution is -0.137. The van der Waals surface area contributed by atoms with E-state index >= 15 is 0 Å². The molecule has 0 saturated heterocycles. The predicted molar refractivity (Wildman–Crippen MR) is 90.9 cm³/mol. The molecular weight excluding hydrogens is 333 g/mol. The number of rotatable bonds is 4. The van der Waals surface area contributed by atoms with Gasteiger partial charge >= 0.3 is 6.18 Å². The molecular formula is C19H15F3OS. The van der Waals surface area contributed by atoms with Crippen molar-refractivity contribution in [2.24, 2.45) is 0 Å². The van der Waals surface area contributed by atoms with Gasteiger partial charge in [-0.2, -0.15) is 13.2 Å². The molecule has 1 atom stereocenters. The Morgan fingerprint density at radius 1 is 0.833 bits per heavy atom. The van der Waals surface area contributed by atoms with Crippen LogP contribution in [0.2, 0.25) is 0 Å². The summed E-state index contributed by atoms with van der Waals surface area (Å²) in [5.74, 6) is 0.421. The summed E-state index contributed by atoms with van der Waals surface area (Å²) in [5.41, 5.74) is 0.670. The molecule has 0 spiro atoms. The lowest BCUT2D eigenvalue weighted by Crippen LogP contribution is -2.06. The number of benzene rings is 3. The Morgan fingerprint density at radius 2 is 1.54 bits per heavy atom. The fraction of sp³-hybridized carbons (Fsp3) is 0.158. The predicted octanol–water partition coefficient (Wildman–Crippen LogP) is 5.31. The normalized spacial score (nSPS) is 13.1. The molecule has 3 aromatic carbocycles. The van der Waals surface area contributed by atoms with E-state index in [2.05, 4.69) is 0 Å². The van der Waals surface area contributed by atoms with Crippen LogP contribution >= 0.6 is 0 Å². The fourth-order valence-corrected chi connectivity index (χ4v) is 3.92. The Labute approximate surface area is 140 Å². The van der Waals surface area contributed by atoms with Crippen LogP contribution in [0.3, 0.4) is 0 Å². The highest BCUT2D eigenvalue weighted by atomic mass is 32.2. The zero-order valence-electron chi connectivity index (χ0n) is 12.7. The topological polar surface area (TPSA) is 17.1 Å². The summed E-state index contributed by atoms with van der Waals surface area (Å²) < 4.78 is 50.7. The number of hydrogen-bond donors (Lipinski definition) is 0. The van der Waals surface area contributed by atoms with E-state index in [1.54, 1.807) is 6.07 Å². The van der Waals surface area contributed by atoms with Gasteiger partial charge in [0.2, 0.25) is 0 Å². The number of fused-ring (bicyclic) bond motifs is 1. The van der Waals surface area contributed by atoms with Crippen molar-refractivity contribution in [1.82, 2.24) is 0 Å². The largest absolute Gasteiger partial charge is 0.416 e. The van der Waals surface area contributed by atoms with Crippen LogP contribution in [0.4, 0.5) is 13.2 Å². The molecule has 24 heavy (non-hydrogen) atoms. The Kier molecular flexibility index (Phi) is 4.71. The van der Waals surface area contributed by atoms with Crippen molar-refractivity contribution in [3.8, 4) is 0 Å². The van der Waals surface area contributed by atoms with Crippen molar-refractivity contribution >= 4 is 21.6 Å². The van der Waals surface area contributed by atoms with Crippen molar-refractivity contribution < 1.29 is 17.4 Å². The summed E-state index contributed by atoms with van der Waals surface area (Å²) >= 11 is 0. The van der Waals surface area contributed by atoms with Crippen LogP contribution < -0.4 is 0 Å². The highest BCUT2D eigenvalue weighted by Gasteiger charge is 2.30. The molecule has 0 radical (unpaired) electrons. The molecule has 124 valence electrons. The molecule has 0 heterocycles. The van der Waals surface area contributed by atoms with Crippen LogP contribution in [0.5, 0.6) is 0 Å². The van der Waals surface area contributed by atoms with Gasteiger partial charge in [0.1, 0.15) is 0 Å². The zero-order valence-corrected chi connectivity index (χ0v) is 13.5. The van der Waals surface area contributed by atoms with E-state index in [1.807, 2.05) is 42.5 Å². The molecule has 3 rings (SSSR count). The quantitative estimate of drug-likeness (QED) is 0.625. The third-order valence-corrected chi connectivity index (χ3v) is 5.07. The first-order chi connectivity index (χ1) is 11.4. The van der Waals surface area contributed by atoms with Gasteiger partial charge in [-0.05, 0) is 28.0 Å². The Hall–Kier alpha value is -2.14. The van der Waals surface area contributed by atoms with Crippen LogP contribution in [0.1, 0.15) is 16.7 Å². The minimum Gasteiger partial charge on any atom is -0.259 e. The molecule has 0 aliphatic rings. The zero-order chi connectivity index (χ0) is 17.2. The van der Waals surface area contributed by atoms with Gasteiger partial charge in [-0.3, -0.25) is 4.21 Å². The molecule has 0 N–H and O–H groups in total. The van der Waals surface area contributed by atoms with Gasteiger partial charge in [-0.25, -0.2) is 0 Å². The van der Waals surface area contributed by atoms with Crippen LogP contribution in [0.25, 0.3) is 10.8 Å². The van der Waals surface area contributed by atoms with Crippen molar-refractivity contribution in [2.45, 2.75) is 17.7 Å². The molecule has 0 aliphatic carbocycles. The van der Waals surface area contributed by atoms with Gasteiger partial charge < -0.3 is 0 Å². The monoisotopic (exact) mass is 348 g/mol. The maximum atomic E-state index is 12.8. The van der Waals surface area contributed by atoms with Crippen LogP contribution in [-0.2, 0) is 28.5 Å². The second-order valence-corrected chi connectivity index (χ2v) is 7.02. The molecule has 0 bridgehead atoms. The second-order valence-electron chi connectivity index (χ2n) is 5.56. The van der Waals surface area contributed by atoms with E-state index in [0.717, 1.165) is 28.5 Å². The first-order valence-corrected chi connectivity index (χ1v) is 8.90. The minimum absolute atomic E-state index is 0.104. The summed E-state index contributed by atoms with van der Waals surface area (Å²) in [5, 5.41) is 2.09. The Balaban J connectivity index is 1.78. The van der Waals surface area contributed by atoms with Crippen LogP contribution in [0, 0.1) is 0 Å². The molecule has 0 unspecified atom stereocenters. The maximum Gasteiger partial charge on any atom is 0.416 e. The van der Waals surface area contributed by atoms with Crippen LogP contribution in [0.15, 0.2) is 66.7 Å². The van der Waals surface area contributed by atoms with E-state index < -0.39 is 22.5 Å². The summed E-state index contributed by atoms with van der Waals surface area (Å²) in [6.07, 6.45) is -4.38. The molecule has 5 heteroatoms. The number of alkyl halides is 3. The second kappa shape index (κ2) is 6.77. The molecule has 1 nitrogen and oxygen atoms in total. The van der Waals surface area contributed by atoms with Gasteiger partial charge in [0, 0.05) is 22.3 Å². The third kappa shape index (κ3) is 3.85. The molecule has 0 aliphatic heterocycles. The van der Waals surface area contributed by atoms with E-state index in [9.17, 15) is 17.4 Å². The van der Waals surface area contributed by atoms with E-state index in [-0.39, 0.29) is 5.75 Å². The van der Waals surface area contributed by atoms with E-state index in [4.69, 9.17) is 0 Å². The van der Waals surface area contributed by atoms with Crippen molar-refractivity contribution in [1.29, 1.82) is 0 Å². The first-order valence-electron chi connectivity index (χ1n) is 7.41. The molecule has 0 fully saturated rings. The van der Waals surface area contributed by atoms with Gasteiger partial charge in [0.05, 0.1) is 5.56 Å². The van der Waals surface area contributed by atoms with E-state index in [1.165, 1.54) is 6.07 Å².